The number of hydrogen-bond donors (Lipinski definition) is 1. The van der Waals surface area contributed by atoms with Crippen molar-refractivity contribution in [1.29, 1.82) is 0 Å². The van der Waals surface area contributed by atoms with Crippen LogP contribution in [0.4, 0.5) is 0 Å². The van der Waals surface area contributed by atoms with Gasteiger partial charge in [0.15, 0.2) is 0 Å². The maximum absolute atomic E-state index is 3.72. The van der Waals surface area contributed by atoms with Crippen LogP contribution in [0.1, 0.15) is 37.7 Å². The number of nitrogens with one attached hydrogen (secondary N) is 1. The molecule has 1 nitrogen and oxygen atoms in total. The van der Waals surface area contributed by atoms with Crippen molar-refractivity contribution in [3.8, 4) is 0 Å². The zero-order valence-corrected chi connectivity index (χ0v) is 12.5. The smallest absolute Gasteiger partial charge is 0.0177 e. The average molecular weight is 308 g/mol. The van der Waals surface area contributed by atoms with Crippen LogP contribution in [0.5, 0.6) is 0 Å². The zero-order chi connectivity index (χ0) is 12.4. The summed E-state index contributed by atoms with van der Waals surface area (Å²) in [5.41, 5.74) is 1.49. The third kappa shape index (κ3) is 3.36. The van der Waals surface area contributed by atoms with Crippen LogP contribution in [0.25, 0.3) is 0 Å². The molecule has 0 amide bonds. The molecule has 0 aromatic heterocycles. The fourth-order valence-corrected chi connectivity index (χ4v) is 3.67. The quantitative estimate of drug-likeness (QED) is 0.861. The van der Waals surface area contributed by atoms with Crippen LogP contribution in [-0.2, 0) is 6.42 Å². The van der Waals surface area contributed by atoms with Crippen LogP contribution >= 0.6 is 15.9 Å². The van der Waals surface area contributed by atoms with E-state index in [0.29, 0.717) is 0 Å². The summed E-state index contributed by atoms with van der Waals surface area (Å²) in [5, 5.41) is 3.72. The van der Waals surface area contributed by atoms with Crippen molar-refractivity contribution in [3.05, 3.63) is 34.3 Å². The monoisotopic (exact) mass is 307 g/mol. The molecule has 0 bridgehead atoms. The highest BCUT2D eigenvalue weighted by Crippen LogP contribution is 2.34. The summed E-state index contributed by atoms with van der Waals surface area (Å²) in [4.78, 5) is 0. The summed E-state index contributed by atoms with van der Waals surface area (Å²) in [7, 11) is 0. The van der Waals surface area contributed by atoms with Crippen molar-refractivity contribution in [1.82, 2.24) is 5.32 Å². The van der Waals surface area contributed by atoms with Crippen molar-refractivity contribution in [2.24, 2.45) is 11.8 Å². The van der Waals surface area contributed by atoms with Crippen molar-refractivity contribution >= 4 is 15.9 Å². The van der Waals surface area contributed by atoms with Crippen molar-refractivity contribution in [2.45, 2.75) is 44.6 Å². The molecule has 0 radical (unpaired) electrons. The van der Waals surface area contributed by atoms with E-state index in [4.69, 9.17) is 0 Å². The lowest BCUT2D eigenvalue weighted by Gasteiger charge is -2.20. The molecule has 1 N–H and O–H groups in total. The first kappa shape index (κ1) is 12.7. The van der Waals surface area contributed by atoms with Gasteiger partial charge in [0, 0.05) is 10.5 Å². The molecule has 2 aliphatic carbocycles. The third-order valence-electron chi connectivity index (χ3n) is 4.45. The highest BCUT2D eigenvalue weighted by molar-refractivity contribution is 9.10. The highest BCUT2D eigenvalue weighted by atomic mass is 79.9. The van der Waals surface area contributed by atoms with Gasteiger partial charge in [-0.2, -0.15) is 0 Å². The average Bonchev–Trinajstić information content (AvgIpc) is 3.08. The molecule has 98 valence electrons. The van der Waals surface area contributed by atoms with Gasteiger partial charge in [0.1, 0.15) is 0 Å². The molecule has 2 atom stereocenters. The third-order valence-corrected chi connectivity index (χ3v) is 4.94. The fourth-order valence-electron chi connectivity index (χ4n) is 3.22. The topological polar surface area (TPSA) is 12.0 Å². The highest BCUT2D eigenvalue weighted by Gasteiger charge is 2.29. The first-order valence-corrected chi connectivity index (χ1v) is 8.08. The Morgan fingerprint density at radius 2 is 1.94 bits per heavy atom. The number of hydrogen-bond acceptors (Lipinski definition) is 1. The summed E-state index contributed by atoms with van der Waals surface area (Å²) in [6, 6.07) is 9.69. The Bertz CT molecular complexity index is 400. The Morgan fingerprint density at radius 1 is 1.11 bits per heavy atom. The molecule has 0 saturated heterocycles. The van der Waals surface area contributed by atoms with E-state index in [9.17, 15) is 0 Å². The Balaban J connectivity index is 1.56. The summed E-state index contributed by atoms with van der Waals surface area (Å²) in [6.07, 6.45) is 8.35. The first-order chi connectivity index (χ1) is 8.81. The number of rotatable bonds is 5. The Hall–Kier alpha value is -0.340. The van der Waals surface area contributed by atoms with Crippen molar-refractivity contribution in [3.63, 3.8) is 0 Å². The van der Waals surface area contributed by atoms with E-state index < -0.39 is 0 Å². The number of halogens is 1. The summed E-state index contributed by atoms with van der Waals surface area (Å²) >= 11 is 3.57. The minimum atomic E-state index is 0.858. The lowest BCUT2D eigenvalue weighted by atomic mass is 9.89. The van der Waals surface area contributed by atoms with E-state index in [1.807, 2.05) is 0 Å². The minimum Gasteiger partial charge on any atom is -0.314 e. The second-order valence-electron chi connectivity index (χ2n) is 5.97. The maximum atomic E-state index is 3.72. The molecule has 1 aromatic rings. The first-order valence-electron chi connectivity index (χ1n) is 7.29. The van der Waals surface area contributed by atoms with Gasteiger partial charge in [-0.15, -0.1) is 0 Å². The standard InChI is InChI=1S/C16H22BrN/c17-15-6-1-3-12(10-15)9-13-4-2-5-14(13)11-18-16-7-8-16/h1,3,6,10,13-14,16,18H,2,4-5,7-9,11H2. The normalized spacial score (nSPS) is 27.6. The van der Waals surface area contributed by atoms with Crippen molar-refractivity contribution < 1.29 is 0 Å². The number of benzene rings is 1. The van der Waals surface area contributed by atoms with Gasteiger partial charge in [-0.3, -0.25) is 0 Å². The molecule has 2 unspecified atom stereocenters. The van der Waals surface area contributed by atoms with Gasteiger partial charge < -0.3 is 5.32 Å². The Morgan fingerprint density at radius 3 is 2.72 bits per heavy atom. The predicted molar refractivity (Wildman–Crippen MR) is 79.7 cm³/mol. The molecule has 0 heterocycles. The lowest BCUT2D eigenvalue weighted by Crippen LogP contribution is -2.27. The van der Waals surface area contributed by atoms with Crippen LogP contribution in [0.15, 0.2) is 28.7 Å². The van der Waals surface area contributed by atoms with E-state index >= 15 is 0 Å². The van der Waals surface area contributed by atoms with E-state index in [2.05, 4.69) is 45.5 Å². The van der Waals surface area contributed by atoms with E-state index in [1.165, 1.54) is 55.1 Å². The zero-order valence-electron chi connectivity index (χ0n) is 10.9. The molecule has 1 aromatic carbocycles. The van der Waals surface area contributed by atoms with Crippen LogP contribution < -0.4 is 5.32 Å². The molecule has 0 spiro atoms. The van der Waals surface area contributed by atoms with Gasteiger partial charge in [-0.1, -0.05) is 34.5 Å². The van der Waals surface area contributed by atoms with Crippen molar-refractivity contribution in [2.75, 3.05) is 6.54 Å². The SMILES string of the molecule is Brc1cccc(CC2CCCC2CNC2CC2)c1. The second-order valence-corrected chi connectivity index (χ2v) is 6.88. The molecule has 2 saturated carbocycles. The van der Waals surface area contributed by atoms with E-state index in [1.54, 1.807) is 0 Å². The van der Waals surface area contributed by atoms with Crippen LogP contribution in [0.3, 0.4) is 0 Å². The van der Waals surface area contributed by atoms with Gasteiger partial charge in [-0.25, -0.2) is 0 Å². The molecule has 2 heteroatoms. The van der Waals surface area contributed by atoms with Gasteiger partial charge in [0.2, 0.25) is 0 Å². The Labute approximate surface area is 118 Å². The molecule has 2 fully saturated rings. The van der Waals surface area contributed by atoms with Crippen LogP contribution in [0.2, 0.25) is 0 Å². The van der Waals surface area contributed by atoms with E-state index in [0.717, 1.165) is 17.9 Å². The second kappa shape index (κ2) is 5.75. The van der Waals surface area contributed by atoms with E-state index in [-0.39, 0.29) is 0 Å². The van der Waals surface area contributed by atoms with Gasteiger partial charge in [0.05, 0.1) is 0 Å². The molecular weight excluding hydrogens is 286 g/mol. The molecular formula is C16H22BrN. The predicted octanol–water partition coefficient (Wildman–Crippen LogP) is 4.16. The summed E-state index contributed by atoms with van der Waals surface area (Å²) in [5.74, 6) is 1.80. The minimum absolute atomic E-state index is 0.858. The summed E-state index contributed by atoms with van der Waals surface area (Å²) < 4.78 is 1.21. The van der Waals surface area contributed by atoms with Gasteiger partial charge >= 0.3 is 0 Å². The van der Waals surface area contributed by atoms with Crippen LogP contribution in [-0.4, -0.2) is 12.6 Å². The molecule has 18 heavy (non-hydrogen) atoms. The Kier molecular flexibility index (Phi) is 4.05. The summed E-state index contributed by atoms with van der Waals surface area (Å²) in [6.45, 7) is 1.25. The fraction of sp³-hybridized carbons (Fsp3) is 0.625. The van der Waals surface area contributed by atoms with Crippen LogP contribution in [0, 0.1) is 11.8 Å². The lowest BCUT2D eigenvalue weighted by molar-refractivity contribution is 0.364. The molecule has 2 aliphatic rings. The molecule has 0 aliphatic heterocycles. The van der Waals surface area contributed by atoms with Gasteiger partial charge in [0.25, 0.3) is 0 Å². The van der Waals surface area contributed by atoms with Gasteiger partial charge in [-0.05, 0) is 68.2 Å². The maximum Gasteiger partial charge on any atom is 0.0177 e. The molecule has 3 rings (SSSR count). The largest absolute Gasteiger partial charge is 0.314 e.